The Morgan fingerprint density at radius 3 is 2.33 bits per heavy atom. The second-order valence-corrected chi connectivity index (χ2v) is 5.27. The lowest BCUT2D eigenvalue weighted by Gasteiger charge is -2.05. The maximum atomic E-state index is 12.6. The average molecular weight is 331 g/mol. The third-order valence-corrected chi connectivity index (χ3v) is 3.54. The van der Waals surface area contributed by atoms with Crippen molar-refractivity contribution in [1.29, 1.82) is 0 Å². The number of halogens is 3. The number of nitrogens with zero attached hydrogens (tertiary/aromatic N) is 1. The molecule has 0 aromatic heterocycles. The zero-order valence-corrected chi connectivity index (χ0v) is 12.6. The summed E-state index contributed by atoms with van der Waals surface area (Å²) in [4.78, 5) is 16.1. The van der Waals surface area contributed by atoms with E-state index >= 15 is 0 Å². The SMILES string of the molecule is Cc1ccccc1C1=NC(=Cc2ccc(C(F)(F)F)cc2)C(=O)O1. The van der Waals surface area contributed by atoms with Crippen LogP contribution >= 0.6 is 0 Å². The number of benzene rings is 2. The molecule has 0 aliphatic carbocycles. The maximum absolute atomic E-state index is 12.6. The third kappa shape index (κ3) is 3.22. The molecule has 1 aliphatic rings. The van der Waals surface area contributed by atoms with Gasteiger partial charge >= 0.3 is 12.1 Å². The molecule has 122 valence electrons. The maximum Gasteiger partial charge on any atom is 0.416 e. The first-order valence-electron chi connectivity index (χ1n) is 7.10. The number of aryl methyl sites for hydroxylation is 1. The van der Waals surface area contributed by atoms with Gasteiger partial charge in [-0.2, -0.15) is 13.2 Å². The van der Waals surface area contributed by atoms with Crippen LogP contribution in [-0.2, 0) is 15.7 Å². The summed E-state index contributed by atoms with van der Waals surface area (Å²) in [6.07, 6.45) is -3.00. The number of cyclic esters (lactones) is 1. The van der Waals surface area contributed by atoms with Gasteiger partial charge in [-0.25, -0.2) is 9.79 Å². The molecular weight excluding hydrogens is 319 g/mol. The van der Waals surface area contributed by atoms with Crippen molar-refractivity contribution in [3.63, 3.8) is 0 Å². The molecule has 0 saturated carbocycles. The summed E-state index contributed by atoms with van der Waals surface area (Å²) in [5.41, 5.74) is 1.34. The van der Waals surface area contributed by atoms with E-state index < -0.39 is 17.7 Å². The smallest absolute Gasteiger partial charge is 0.402 e. The Morgan fingerprint density at radius 2 is 1.71 bits per heavy atom. The molecule has 0 spiro atoms. The summed E-state index contributed by atoms with van der Waals surface area (Å²) in [7, 11) is 0. The highest BCUT2D eigenvalue weighted by molar-refractivity contribution is 6.13. The first-order chi connectivity index (χ1) is 11.3. The summed E-state index contributed by atoms with van der Waals surface area (Å²) in [5.74, 6) is -0.440. The van der Waals surface area contributed by atoms with Crippen molar-refractivity contribution in [3.05, 3.63) is 76.5 Å². The number of carbonyl (C=O) groups excluding carboxylic acids is 1. The highest BCUT2D eigenvalue weighted by atomic mass is 19.4. The van der Waals surface area contributed by atoms with Gasteiger partial charge in [0.1, 0.15) is 0 Å². The van der Waals surface area contributed by atoms with Crippen molar-refractivity contribution in [1.82, 2.24) is 0 Å². The predicted molar refractivity (Wildman–Crippen MR) is 83.2 cm³/mol. The van der Waals surface area contributed by atoms with Gasteiger partial charge in [0.2, 0.25) is 5.90 Å². The van der Waals surface area contributed by atoms with E-state index in [0.717, 1.165) is 17.7 Å². The van der Waals surface area contributed by atoms with Crippen molar-refractivity contribution < 1.29 is 22.7 Å². The van der Waals surface area contributed by atoms with Gasteiger partial charge < -0.3 is 4.74 Å². The van der Waals surface area contributed by atoms with E-state index in [0.29, 0.717) is 11.1 Å². The first-order valence-corrected chi connectivity index (χ1v) is 7.10. The van der Waals surface area contributed by atoms with E-state index in [-0.39, 0.29) is 11.6 Å². The summed E-state index contributed by atoms with van der Waals surface area (Å²) in [6.45, 7) is 1.86. The largest absolute Gasteiger partial charge is 0.416 e. The van der Waals surface area contributed by atoms with Crippen LogP contribution < -0.4 is 0 Å². The number of alkyl halides is 3. The molecule has 2 aromatic rings. The van der Waals surface area contributed by atoms with Crippen LogP contribution in [0.4, 0.5) is 13.2 Å². The highest BCUT2D eigenvalue weighted by Crippen LogP contribution is 2.29. The van der Waals surface area contributed by atoms with Gasteiger partial charge in [-0.15, -0.1) is 0 Å². The fourth-order valence-corrected chi connectivity index (χ4v) is 2.26. The minimum Gasteiger partial charge on any atom is -0.402 e. The number of hydrogen-bond donors (Lipinski definition) is 0. The number of esters is 1. The topological polar surface area (TPSA) is 38.7 Å². The summed E-state index contributed by atoms with van der Waals surface area (Å²) >= 11 is 0. The molecular formula is C18H12F3NO2. The van der Waals surface area contributed by atoms with Gasteiger partial charge in [0.05, 0.1) is 5.56 Å². The van der Waals surface area contributed by atoms with Crippen LogP contribution in [0.25, 0.3) is 6.08 Å². The first kappa shape index (κ1) is 16.0. The second-order valence-electron chi connectivity index (χ2n) is 5.27. The fourth-order valence-electron chi connectivity index (χ4n) is 2.26. The molecule has 0 saturated heterocycles. The molecule has 1 heterocycles. The van der Waals surface area contributed by atoms with Gasteiger partial charge in [0.25, 0.3) is 0 Å². The number of aliphatic imine (C=N–C) groups is 1. The molecule has 0 bridgehead atoms. The Bertz CT molecular complexity index is 849. The minimum atomic E-state index is -4.39. The lowest BCUT2D eigenvalue weighted by molar-refractivity contribution is -0.137. The number of carbonyl (C=O) groups is 1. The third-order valence-electron chi connectivity index (χ3n) is 3.54. The van der Waals surface area contributed by atoms with Crippen LogP contribution in [0.5, 0.6) is 0 Å². The molecule has 3 nitrogen and oxygen atoms in total. The second kappa shape index (κ2) is 5.96. The van der Waals surface area contributed by atoms with E-state index in [4.69, 9.17) is 4.74 Å². The zero-order chi connectivity index (χ0) is 17.3. The number of rotatable bonds is 2. The number of hydrogen-bond acceptors (Lipinski definition) is 3. The molecule has 24 heavy (non-hydrogen) atoms. The van der Waals surface area contributed by atoms with E-state index in [1.165, 1.54) is 18.2 Å². The van der Waals surface area contributed by atoms with Crippen LogP contribution in [-0.4, -0.2) is 11.9 Å². The van der Waals surface area contributed by atoms with E-state index in [1.54, 1.807) is 12.1 Å². The molecule has 0 amide bonds. The van der Waals surface area contributed by atoms with E-state index in [1.807, 2.05) is 19.1 Å². The molecule has 3 rings (SSSR count). The minimum absolute atomic E-state index is 0.0491. The summed E-state index contributed by atoms with van der Waals surface area (Å²) < 4.78 is 42.8. The predicted octanol–water partition coefficient (Wildman–Crippen LogP) is 4.36. The standard InChI is InChI=1S/C18H12F3NO2/c1-11-4-2-3-5-14(11)16-22-15(17(23)24-16)10-12-6-8-13(9-7-12)18(19,20)21/h2-10H,1H3. The Balaban J connectivity index is 1.90. The molecule has 0 N–H and O–H groups in total. The highest BCUT2D eigenvalue weighted by Gasteiger charge is 2.30. The number of ether oxygens (including phenoxy) is 1. The molecule has 6 heteroatoms. The lowest BCUT2D eigenvalue weighted by Crippen LogP contribution is -2.06. The lowest BCUT2D eigenvalue weighted by atomic mass is 10.1. The van der Waals surface area contributed by atoms with Gasteiger partial charge in [0, 0.05) is 5.56 Å². The van der Waals surface area contributed by atoms with Crippen LogP contribution in [0, 0.1) is 6.92 Å². The molecule has 0 radical (unpaired) electrons. The average Bonchev–Trinajstić information content (AvgIpc) is 2.88. The Kier molecular flexibility index (Phi) is 3.97. The molecule has 2 aromatic carbocycles. The van der Waals surface area contributed by atoms with E-state index in [9.17, 15) is 18.0 Å². The van der Waals surface area contributed by atoms with Gasteiger partial charge in [-0.1, -0.05) is 30.3 Å². The quantitative estimate of drug-likeness (QED) is 0.606. The van der Waals surface area contributed by atoms with Crippen molar-refractivity contribution in [2.75, 3.05) is 0 Å². The Morgan fingerprint density at radius 1 is 1.04 bits per heavy atom. The zero-order valence-electron chi connectivity index (χ0n) is 12.6. The van der Waals surface area contributed by atoms with Crippen molar-refractivity contribution in [3.8, 4) is 0 Å². The molecule has 0 atom stereocenters. The normalized spacial score (nSPS) is 16.2. The molecule has 1 aliphatic heterocycles. The van der Waals surface area contributed by atoms with Crippen molar-refractivity contribution in [2.24, 2.45) is 4.99 Å². The van der Waals surface area contributed by atoms with Crippen LogP contribution in [0.3, 0.4) is 0 Å². The fraction of sp³-hybridized carbons (Fsp3) is 0.111. The van der Waals surface area contributed by atoms with Crippen LogP contribution in [0.15, 0.2) is 59.2 Å². The van der Waals surface area contributed by atoms with Crippen LogP contribution in [0.1, 0.15) is 22.3 Å². The van der Waals surface area contributed by atoms with Crippen LogP contribution in [0.2, 0.25) is 0 Å². The van der Waals surface area contributed by atoms with Gasteiger partial charge in [-0.05, 0) is 42.3 Å². The Labute approximate surface area is 136 Å². The van der Waals surface area contributed by atoms with E-state index in [2.05, 4.69) is 4.99 Å². The monoisotopic (exact) mass is 331 g/mol. The van der Waals surface area contributed by atoms with Gasteiger partial charge in [-0.3, -0.25) is 0 Å². The van der Waals surface area contributed by atoms with Crippen molar-refractivity contribution >= 4 is 17.9 Å². The summed E-state index contributed by atoms with van der Waals surface area (Å²) in [6, 6.07) is 11.8. The summed E-state index contributed by atoms with van der Waals surface area (Å²) in [5, 5.41) is 0. The molecule has 0 unspecified atom stereocenters. The molecule has 0 fully saturated rings. The van der Waals surface area contributed by atoms with Gasteiger partial charge in [0.15, 0.2) is 5.70 Å². The Hall–Kier alpha value is -2.89. The van der Waals surface area contributed by atoms with Crippen molar-refractivity contribution in [2.45, 2.75) is 13.1 Å².